The monoisotopic (exact) mass is 194 g/mol. The maximum Gasteiger partial charge on any atom is 0.298 e. The summed E-state index contributed by atoms with van der Waals surface area (Å²) in [5.74, 6) is -0.600. The number of aliphatic hydroxyl groups excluding tert-OH is 1. The molecule has 7 heteroatoms. The van der Waals surface area contributed by atoms with Crippen molar-refractivity contribution in [3.05, 3.63) is 18.1 Å². The van der Waals surface area contributed by atoms with Gasteiger partial charge in [-0.1, -0.05) is 0 Å². The topological polar surface area (TPSA) is 108 Å². The van der Waals surface area contributed by atoms with E-state index < -0.39 is 27.1 Å². The second kappa shape index (κ2) is 2.87. The van der Waals surface area contributed by atoms with Crippen LogP contribution in [0.2, 0.25) is 0 Å². The molecule has 0 saturated carbocycles. The van der Waals surface area contributed by atoms with Crippen LogP contribution in [0.3, 0.4) is 0 Å². The van der Waals surface area contributed by atoms with Crippen LogP contribution < -0.4 is 0 Å². The minimum absolute atomic E-state index is 0.600. The second-order valence-electron chi connectivity index (χ2n) is 2.00. The van der Waals surface area contributed by atoms with Crippen molar-refractivity contribution in [3.63, 3.8) is 0 Å². The van der Waals surface area contributed by atoms with E-state index in [4.69, 9.17) is 14.8 Å². The van der Waals surface area contributed by atoms with Crippen molar-refractivity contribution >= 4 is 10.1 Å². The Hall–Kier alpha value is -0.890. The molecule has 0 bridgehead atoms. The van der Waals surface area contributed by atoms with Gasteiger partial charge in [-0.3, -0.25) is 4.55 Å². The van der Waals surface area contributed by atoms with E-state index >= 15 is 0 Å². The smallest absolute Gasteiger partial charge is 0.298 e. The SMILES string of the molecule is O=S(=O)(O)c1ccoc1C(O)O. The summed E-state index contributed by atoms with van der Waals surface area (Å²) in [6.45, 7) is 0. The number of furan rings is 1. The number of aliphatic hydroxyl groups is 2. The van der Waals surface area contributed by atoms with Gasteiger partial charge in [-0.15, -0.1) is 0 Å². The molecular formula is C5H6O6S. The predicted molar refractivity (Wildman–Crippen MR) is 35.7 cm³/mol. The van der Waals surface area contributed by atoms with E-state index in [0.29, 0.717) is 0 Å². The summed E-state index contributed by atoms with van der Waals surface area (Å²) in [5, 5.41) is 17.1. The molecule has 1 heterocycles. The molecule has 0 atom stereocenters. The Labute approximate surface area is 67.8 Å². The first-order valence-electron chi connectivity index (χ1n) is 2.84. The largest absolute Gasteiger partial charge is 0.462 e. The van der Waals surface area contributed by atoms with Crippen molar-refractivity contribution < 1.29 is 27.6 Å². The summed E-state index contributed by atoms with van der Waals surface area (Å²) >= 11 is 0. The van der Waals surface area contributed by atoms with Gasteiger partial charge in [0.2, 0.25) is 6.29 Å². The lowest BCUT2D eigenvalue weighted by Crippen LogP contribution is -2.03. The minimum atomic E-state index is -4.45. The van der Waals surface area contributed by atoms with Crippen molar-refractivity contribution in [2.75, 3.05) is 0 Å². The highest BCUT2D eigenvalue weighted by molar-refractivity contribution is 7.85. The fourth-order valence-electron chi connectivity index (χ4n) is 0.711. The standard InChI is InChI=1S/C5H6O6S/c6-5(7)4-3(1-2-11-4)12(8,9)10/h1-2,5-7H,(H,8,9,10). The first kappa shape index (κ1) is 9.20. The summed E-state index contributed by atoms with van der Waals surface area (Å²) in [7, 11) is -4.45. The quantitative estimate of drug-likeness (QED) is 0.433. The maximum atomic E-state index is 10.5. The van der Waals surface area contributed by atoms with Crippen LogP contribution >= 0.6 is 0 Å². The summed E-state index contributed by atoms with van der Waals surface area (Å²) in [4.78, 5) is -0.641. The van der Waals surface area contributed by atoms with Crippen molar-refractivity contribution in [2.24, 2.45) is 0 Å². The van der Waals surface area contributed by atoms with Gasteiger partial charge in [0.1, 0.15) is 4.90 Å². The molecule has 0 unspecified atom stereocenters. The highest BCUT2D eigenvalue weighted by atomic mass is 32.2. The number of rotatable bonds is 2. The van der Waals surface area contributed by atoms with E-state index in [1.165, 1.54) is 0 Å². The van der Waals surface area contributed by atoms with Gasteiger partial charge < -0.3 is 14.6 Å². The normalized spacial score (nSPS) is 12.3. The molecule has 3 N–H and O–H groups in total. The third-order valence-corrected chi connectivity index (χ3v) is 2.06. The molecule has 0 fully saturated rings. The fourth-order valence-corrected chi connectivity index (χ4v) is 1.35. The van der Waals surface area contributed by atoms with E-state index in [1.807, 2.05) is 0 Å². The van der Waals surface area contributed by atoms with Gasteiger partial charge in [0.25, 0.3) is 10.1 Å². The van der Waals surface area contributed by atoms with Crippen LogP contribution in [0.5, 0.6) is 0 Å². The highest BCUT2D eigenvalue weighted by Gasteiger charge is 2.22. The third kappa shape index (κ3) is 1.64. The van der Waals surface area contributed by atoms with Crippen LogP contribution in [-0.2, 0) is 10.1 Å². The average Bonchev–Trinajstić information content (AvgIpc) is 2.30. The van der Waals surface area contributed by atoms with E-state index in [9.17, 15) is 8.42 Å². The molecule has 0 aliphatic carbocycles. The minimum Gasteiger partial charge on any atom is -0.462 e. The molecule has 0 amide bonds. The Balaban J connectivity index is 3.26. The maximum absolute atomic E-state index is 10.5. The van der Waals surface area contributed by atoms with E-state index in [-0.39, 0.29) is 0 Å². The van der Waals surface area contributed by atoms with E-state index in [1.54, 1.807) is 0 Å². The van der Waals surface area contributed by atoms with Crippen molar-refractivity contribution in [1.29, 1.82) is 0 Å². The Kier molecular flexibility index (Phi) is 2.20. The van der Waals surface area contributed by atoms with Gasteiger partial charge in [-0.05, 0) is 6.07 Å². The number of hydrogen-bond acceptors (Lipinski definition) is 5. The average molecular weight is 194 g/mol. The lowest BCUT2D eigenvalue weighted by atomic mass is 10.4. The molecule has 0 radical (unpaired) electrons. The first-order chi connectivity index (χ1) is 5.43. The molecule has 0 aromatic carbocycles. The van der Waals surface area contributed by atoms with Crippen LogP contribution in [0.15, 0.2) is 21.6 Å². The van der Waals surface area contributed by atoms with Crippen molar-refractivity contribution in [2.45, 2.75) is 11.2 Å². The summed E-state index contributed by atoms with van der Waals surface area (Å²) < 4.78 is 33.9. The van der Waals surface area contributed by atoms with Gasteiger partial charge in [0.15, 0.2) is 5.76 Å². The number of hydrogen-bond donors (Lipinski definition) is 3. The zero-order chi connectivity index (χ0) is 9.35. The van der Waals surface area contributed by atoms with Crippen LogP contribution in [0.1, 0.15) is 12.1 Å². The van der Waals surface area contributed by atoms with Crippen LogP contribution in [-0.4, -0.2) is 23.2 Å². The zero-order valence-corrected chi connectivity index (χ0v) is 6.52. The fraction of sp³-hybridized carbons (Fsp3) is 0.200. The van der Waals surface area contributed by atoms with Gasteiger partial charge >= 0.3 is 0 Å². The molecule has 0 aliphatic rings. The highest BCUT2D eigenvalue weighted by Crippen LogP contribution is 2.21. The third-order valence-electron chi connectivity index (χ3n) is 1.17. The molecular weight excluding hydrogens is 188 g/mol. The second-order valence-corrected chi connectivity index (χ2v) is 3.39. The Morgan fingerprint density at radius 1 is 1.42 bits per heavy atom. The molecule has 0 spiro atoms. The molecule has 12 heavy (non-hydrogen) atoms. The predicted octanol–water partition coefficient (Wildman–Crippen LogP) is -0.490. The summed E-state index contributed by atoms with van der Waals surface area (Å²) in [6, 6.07) is 0.921. The van der Waals surface area contributed by atoms with Gasteiger partial charge in [-0.25, -0.2) is 0 Å². The van der Waals surface area contributed by atoms with E-state index in [2.05, 4.69) is 4.42 Å². The summed E-state index contributed by atoms with van der Waals surface area (Å²) in [6.07, 6.45) is -1.13. The molecule has 6 nitrogen and oxygen atoms in total. The lowest BCUT2D eigenvalue weighted by molar-refractivity contribution is -0.0607. The summed E-state index contributed by atoms with van der Waals surface area (Å²) in [5.41, 5.74) is 0. The van der Waals surface area contributed by atoms with Crippen LogP contribution in [0, 0.1) is 0 Å². The lowest BCUT2D eigenvalue weighted by Gasteiger charge is -2.00. The van der Waals surface area contributed by atoms with Crippen molar-refractivity contribution in [3.8, 4) is 0 Å². The van der Waals surface area contributed by atoms with Crippen molar-refractivity contribution in [1.82, 2.24) is 0 Å². The van der Waals surface area contributed by atoms with Gasteiger partial charge in [0, 0.05) is 0 Å². The zero-order valence-electron chi connectivity index (χ0n) is 5.71. The van der Waals surface area contributed by atoms with E-state index in [0.717, 1.165) is 12.3 Å². The van der Waals surface area contributed by atoms with Crippen LogP contribution in [0.25, 0.3) is 0 Å². The molecule has 0 saturated heterocycles. The first-order valence-corrected chi connectivity index (χ1v) is 4.28. The van der Waals surface area contributed by atoms with Gasteiger partial charge in [0.05, 0.1) is 6.26 Å². The molecule has 68 valence electrons. The molecule has 1 aromatic heterocycles. The van der Waals surface area contributed by atoms with Crippen LogP contribution in [0.4, 0.5) is 0 Å². The van der Waals surface area contributed by atoms with Gasteiger partial charge in [-0.2, -0.15) is 8.42 Å². The molecule has 0 aliphatic heterocycles. The Morgan fingerprint density at radius 3 is 2.33 bits per heavy atom. The Morgan fingerprint density at radius 2 is 2.00 bits per heavy atom. The molecule has 1 rings (SSSR count). The molecule has 1 aromatic rings. The Bertz CT molecular complexity index is 361.